The van der Waals surface area contributed by atoms with Gasteiger partial charge in [-0.3, -0.25) is 9.69 Å². The summed E-state index contributed by atoms with van der Waals surface area (Å²) in [5.74, 6) is -0.336. The average Bonchev–Trinajstić information content (AvgIpc) is 2.69. The molecule has 9 heteroatoms. The van der Waals surface area contributed by atoms with Gasteiger partial charge in [0.15, 0.2) is 0 Å². The first-order valence-corrected chi connectivity index (χ1v) is 9.84. The van der Waals surface area contributed by atoms with Crippen LogP contribution in [0.25, 0.3) is 0 Å². The molecule has 0 aliphatic carbocycles. The summed E-state index contributed by atoms with van der Waals surface area (Å²) in [4.78, 5) is 14.7. The van der Waals surface area contributed by atoms with E-state index in [-0.39, 0.29) is 11.8 Å². The molecule has 2 aromatic rings. The van der Waals surface area contributed by atoms with E-state index < -0.39 is 35.0 Å². The van der Waals surface area contributed by atoms with Crippen molar-refractivity contribution < 1.29 is 31.1 Å². The van der Waals surface area contributed by atoms with Gasteiger partial charge < -0.3 is 5.32 Å². The number of hydrogen-bond acceptors (Lipinski definition) is 2. The van der Waals surface area contributed by atoms with E-state index in [1.165, 1.54) is 0 Å². The number of carbonyl (C=O) groups excluding carboxylic acids is 1. The number of likely N-dealkylation sites (tertiary alicyclic amines) is 1. The Balaban J connectivity index is 1.72. The van der Waals surface area contributed by atoms with Gasteiger partial charge in [-0.25, -0.2) is 0 Å². The number of halogens is 6. The summed E-state index contributed by atoms with van der Waals surface area (Å²) >= 11 is 0. The lowest BCUT2D eigenvalue weighted by atomic mass is 9.99. The second-order valence-corrected chi connectivity index (χ2v) is 7.90. The minimum atomic E-state index is -5.01. The summed E-state index contributed by atoms with van der Waals surface area (Å²) in [5.41, 5.74) is -2.48. The van der Waals surface area contributed by atoms with Crippen LogP contribution in [0.3, 0.4) is 0 Å². The zero-order chi connectivity index (χ0) is 22.8. The Morgan fingerprint density at radius 3 is 1.94 bits per heavy atom. The third-order valence-electron chi connectivity index (χ3n) is 5.34. The molecule has 1 fully saturated rings. The van der Waals surface area contributed by atoms with Crippen LogP contribution in [0.1, 0.15) is 46.8 Å². The molecular weight excluding hydrogens is 422 g/mol. The van der Waals surface area contributed by atoms with Crippen molar-refractivity contribution in [3.63, 3.8) is 0 Å². The highest BCUT2D eigenvalue weighted by Crippen LogP contribution is 2.36. The Kier molecular flexibility index (Phi) is 6.64. The summed E-state index contributed by atoms with van der Waals surface area (Å²) in [5, 5.41) is 2.36. The van der Waals surface area contributed by atoms with Crippen LogP contribution in [0.15, 0.2) is 42.5 Å². The summed E-state index contributed by atoms with van der Waals surface area (Å²) in [6.45, 7) is 4.95. The first-order chi connectivity index (χ1) is 14.4. The highest BCUT2D eigenvalue weighted by Gasteiger charge is 2.37. The second kappa shape index (κ2) is 8.90. The average molecular weight is 444 g/mol. The van der Waals surface area contributed by atoms with Gasteiger partial charge in [0.25, 0.3) is 5.91 Å². The first kappa shape index (κ1) is 23.1. The van der Waals surface area contributed by atoms with Crippen molar-refractivity contribution in [2.45, 2.75) is 38.7 Å². The number of hydrogen-bond donors (Lipinski definition) is 1. The van der Waals surface area contributed by atoms with Crippen molar-refractivity contribution in [2.75, 3.05) is 18.4 Å². The lowest BCUT2D eigenvalue weighted by Crippen LogP contribution is -2.32. The van der Waals surface area contributed by atoms with Crippen LogP contribution in [0.4, 0.5) is 32.0 Å². The van der Waals surface area contributed by atoms with Crippen molar-refractivity contribution in [3.8, 4) is 0 Å². The molecule has 2 aromatic carbocycles. The largest absolute Gasteiger partial charge is 0.416 e. The van der Waals surface area contributed by atoms with E-state index in [1.54, 1.807) is 24.3 Å². The maximum atomic E-state index is 13.0. The van der Waals surface area contributed by atoms with Gasteiger partial charge in [0, 0.05) is 17.8 Å². The highest BCUT2D eigenvalue weighted by molar-refractivity contribution is 6.04. The topological polar surface area (TPSA) is 32.3 Å². The molecule has 168 valence electrons. The second-order valence-electron chi connectivity index (χ2n) is 7.90. The molecule has 1 amide bonds. The number of nitrogens with one attached hydrogen (secondary N) is 1. The van der Waals surface area contributed by atoms with Crippen LogP contribution < -0.4 is 5.32 Å². The van der Waals surface area contributed by atoms with Gasteiger partial charge in [0.05, 0.1) is 11.1 Å². The van der Waals surface area contributed by atoms with Crippen molar-refractivity contribution in [1.82, 2.24) is 4.90 Å². The van der Waals surface area contributed by atoms with Gasteiger partial charge in [-0.15, -0.1) is 0 Å². The van der Waals surface area contributed by atoms with Crippen LogP contribution in [0, 0.1) is 5.92 Å². The van der Waals surface area contributed by atoms with Gasteiger partial charge in [-0.05, 0) is 67.7 Å². The Morgan fingerprint density at radius 2 is 1.45 bits per heavy atom. The zero-order valence-corrected chi connectivity index (χ0v) is 16.8. The molecule has 1 aliphatic rings. The molecular formula is C22H22F6N2O. The smallest absolute Gasteiger partial charge is 0.322 e. The Bertz CT molecular complexity index is 881. The predicted octanol–water partition coefficient (Wildman–Crippen LogP) is 6.21. The maximum absolute atomic E-state index is 13.0. The Morgan fingerprint density at radius 1 is 0.935 bits per heavy atom. The van der Waals surface area contributed by atoms with Crippen molar-refractivity contribution in [3.05, 3.63) is 64.7 Å². The lowest BCUT2D eigenvalue weighted by Gasteiger charge is -2.30. The van der Waals surface area contributed by atoms with Crippen molar-refractivity contribution in [1.29, 1.82) is 0 Å². The number of carbonyl (C=O) groups is 1. The molecule has 0 saturated carbocycles. The normalized spacial score (nSPS) is 16.4. The van der Waals surface area contributed by atoms with Crippen LogP contribution >= 0.6 is 0 Å². The molecule has 1 heterocycles. The zero-order valence-electron chi connectivity index (χ0n) is 16.8. The third kappa shape index (κ3) is 6.22. The fourth-order valence-corrected chi connectivity index (χ4v) is 3.46. The molecule has 1 aliphatic heterocycles. The van der Waals surface area contributed by atoms with Gasteiger partial charge in [-0.2, -0.15) is 26.3 Å². The van der Waals surface area contributed by atoms with Crippen molar-refractivity contribution >= 4 is 11.6 Å². The van der Waals surface area contributed by atoms with Gasteiger partial charge in [-0.1, -0.05) is 19.1 Å². The summed E-state index contributed by atoms with van der Waals surface area (Å²) in [7, 11) is 0. The number of benzene rings is 2. The summed E-state index contributed by atoms with van der Waals surface area (Å²) in [6.07, 6.45) is -7.76. The number of rotatable bonds is 4. The molecule has 0 radical (unpaired) electrons. The fraction of sp³-hybridized carbons (Fsp3) is 0.409. The van der Waals surface area contributed by atoms with E-state index in [0.717, 1.165) is 38.0 Å². The molecule has 0 unspecified atom stereocenters. The summed E-state index contributed by atoms with van der Waals surface area (Å²) in [6, 6.07) is 7.54. The quantitative estimate of drug-likeness (QED) is 0.569. The number of piperidine rings is 1. The molecule has 0 atom stereocenters. The SMILES string of the molecule is CC1CCN(Cc2ccc(NC(=O)c3cc(C(F)(F)F)cc(C(F)(F)F)c3)cc2)CC1. The van der Waals surface area contributed by atoms with E-state index in [9.17, 15) is 31.1 Å². The predicted molar refractivity (Wildman–Crippen MR) is 105 cm³/mol. The third-order valence-corrected chi connectivity index (χ3v) is 5.34. The van der Waals surface area contributed by atoms with Crippen molar-refractivity contribution in [2.24, 2.45) is 5.92 Å². The Labute approximate surface area is 176 Å². The van der Waals surface area contributed by atoms with E-state index in [2.05, 4.69) is 17.1 Å². The van der Waals surface area contributed by atoms with Crippen LogP contribution in [-0.4, -0.2) is 23.9 Å². The van der Waals surface area contributed by atoms with Crippen LogP contribution in [-0.2, 0) is 18.9 Å². The van der Waals surface area contributed by atoms with E-state index in [4.69, 9.17) is 0 Å². The number of anilines is 1. The fourth-order valence-electron chi connectivity index (χ4n) is 3.46. The van der Waals surface area contributed by atoms with E-state index in [0.29, 0.717) is 18.1 Å². The molecule has 3 rings (SSSR count). The number of nitrogens with zero attached hydrogens (tertiary/aromatic N) is 1. The standard InChI is InChI=1S/C22H22F6N2O/c1-14-6-8-30(9-7-14)13-15-2-4-19(5-3-15)29-20(31)16-10-17(21(23,24)25)12-18(11-16)22(26,27)28/h2-5,10-12,14H,6-9,13H2,1H3,(H,29,31). The highest BCUT2D eigenvalue weighted by atomic mass is 19.4. The van der Waals surface area contributed by atoms with Crippen LogP contribution in [0.5, 0.6) is 0 Å². The molecule has 31 heavy (non-hydrogen) atoms. The lowest BCUT2D eigenvalue weighted by molar-refractivity contribution is -0.143. The molecule has 1 saturated heterocycles. The minimum Gasteiger partial charge on any atom is -0.322 e. The molecule has 0 spiro atoms. The number of alkyl halides is 6. The molecule has 1 N–H and O–H groups in total. The number of amides is 1. The van der Waals surface area contributed by atoms with E-state index >= 15 is 0 Å². The maximum Gasteiger partial charge on any atom is 0.416 e. The van der Waals surface area contributed by atoms with Gasteiger partial charge in [0.2, 0.25) is 0 Å². The van der Waals surface area contributed by atoms with Gasteiger partial charge >= 0.3 is 12.4 Å². The molecule has 3 nitrogen and oxygen atoms in total. The molecule has 0 bridgehead atoms. The van der Waals surface area contributed by atoms with Crippen LogP contribution in [0.2, 0.25) is 0 Å². The van der Waals surface area contributed by atoms with Gasteiger partial charge in [0.1, 0.15) is 0 Å². The minimum absolute atomic E-state index is 0.00703. The summed E-state index contributed by atoms with van der Waals surface area (Å²) < 4.78 is 77.9. The Hall–Kier alpha value is -2.55. The first-order valence-electron chi connectivity index (χ1n) is 9.84. The van der Waals surface area contributed by atoms with E-state index in [1.807, 2.05) is 0 Å². The molecule has 0 aromatic heterocycles. The monoisotopic (exact) mass is 444 g/mol.